The standard InChI is InChI=1S/C19H27N5O2.HI/c1-18(2,3)22-16(20)21-11-12-5-9-14(10-6-12)24-15(25)19(4,13-7-8-13)23-17(24)26;/h5-6,9-10,13H,7-8,11H2,1-4H3,(H,23,26)(H3,20,21,22);1H. The average Bonchev–Trinajstić information content (AvgIpc) is 3.34. The number of anilines is 1. The zero-order valence-corrected chi connectivity index (χ0v) is 18.5. The highest BCUT2D eigenvalue weighted by atomic mass is 127. The number of halogens is 1. The fourth-order valence-electron chi connectivity index (χ4n) is 3.18. The molecule has 4 N–H and O–H groups in total. The smallest absolute Gasteiger partial charge is 0.329 e. The molecule has 8 heteroatoms. The SMILES string of the molecule is CC(C)(C)NC(N)=NCc1ccc(N2C(=O)NC(C)(C3CC3)C2=O)cc1.I. The number of carbonyl (C=O) groups is 2. The van der Waals surface area contributed by atoms with Crippen molar-refractivity contribution >= 4 is 47.6 Å². The summed E-state index contributed by atoms with van der Waals surface area (Å²) in [7, 11) is 0. The Bertz CT molecular complexity index is 752. The number of amides is 3. The third kappa shape index (κ3) is 4.72. The average molecular weight is 485 g/mol. The van der Waals surface area contributed by atoms with Crippen molar-refractivity contribution in [2.45, 2.75) is 58.2 Å². The molecule has 1 aromatic carbocycles. The highest BCUT2D eigenvalue weighted by Crippen LogP contribution is 2.43. The van der Waals surface area contributed by atoms with E-state index in [-0.39, 0.29) is 47.4 Å². The van der Waals surface area contributed by atoms with Crippen LogP contribution >= 0.6 is 24.0 Å². The zero-order valence-electron chi connectivity index (χ0n) is 16.2. The minimum absolute atomic E-state index is 0. The van der Waals surface area contributed by atoms with Crippen molar-refractivity contribution in [3.63, 3.8) is 0 Å². The molecule has 1 atom stereocenters. The molecule has 0 spiro atoms. The van der Waals surface area contributed by atoms with Gasteiger partial charge in [0.1, 0.15) is 5.54 Å². The molecule has 1 aromatic rings. The highest BCUT2D eigenvalue weighted by Gasteiger charge is 2.56. The van der Waals surface area contributed by atoms with Crippen LogP contribution in [0.1, 0.15) is 46.1 Å². The van der Waals surface area contributed by atoms with E-state index in [0.29, 0.717) is 18.2 Å². The molecule has 1 saturated heterocycles. The number of nitrogens with one attached hydrogen (secondary N) is 2. The van der Waals surface area contributed by atoms with Gasteiger partial charge < -0.3 is 16.4 Å². The molecule has 3 amide bonds. The maximum absolute atomic E-state index is 12.7. The van der Waals surface area contributed by atoms with Crippen LogP contribution in [-0.2, 0) is 11.3 Å². The maximum atomic E-state index is 12.7. The summed E-state index contributed by atoms with van der Waals surface area (Å²) in [6.45, 7) is 8.28. The lowest BCUT2D eigenvalue weighted by Crippen LogP contribution is -2.46. The predicted molar refractivity (Wildman–Crippen MR) is 117 cm³/mol. The monoisotopic (exact) mass is 485 g/mol. The first-order valence-corrected chi connectivity index (χ1v) is 8.94. The Kier molecular flexibility index (Phi) is 6.08. The van der Waals surface area contributed by atoms with Crippen molar-refractivity contribution in [1.29, 1.82) is 0 Å². The molecule has 1 heterocycles. The lowest BCUT2D eigenvalue weighted by atomic mass is 9.96. The van der Waals surface area contributed by atoms with E-state index >= 15 is 0 Å². The summed E-state index contributed by atoms with van der Waals surface area (Å²) in [5.41, 5.74) is 6.48. The summed E-state index contributed by atoms with van der Waals surface area (Å²) in [4.78, 5) is 30.6. The number of hydrogen-bond donors (Lipinski definition) is 3. The number of aliphatic imine (C=N–C) groups is 1. The molecule has 2 fully saturated rings. The van der Waals surface area contributed by atoms with Gasteiger partial charge in [-0.25, -0.2) is 14.7 Å². The Morgan fingerprint density at radius 2 is 1.89 bits per heavy atom. The summed E-state index contributed by atoms with van der Waals surface area (Å²) in [6.07, 6.45) is 1.97. The van der Waals surface area contributed by atoms with E-state index in [1.807, 2.05) is 39.8 Å². The molecular formula is C19H28IN5O2. The van der Waals surface area contributed by atoms with Crippen LogP contribution in [-0.4, -0.2) is 29.0 Å². The first-order valence-electron chi connectivity index (χ1n) is 8.94. The van der Waals surface area contributed by atoms with Gasteiger partial charge in [-0.2, -0.15) is 0 Å². The minimum atomic E-state index is -0.771. The number of rotatable bonds is 4. The van der Waals surface area contributed by atoms with E-state index in [9.17, 15) is 9.59 Å². The summed E-state index contributed by atoms with van der Waals surface area (Å²) in [6, 6.07) is 6.91. The molecule has 1 saturated carbocycles. The van der Waals surface area contributed by atoms with Gasteiger partial charge in [0, 0.05) is 5.54 Å². The van der Waals surface area contributed by atoms with Gasteiger partial charge in [0.05, 0.1) is 12.2 Å². The summed E-state index contributed by atoms with van der Waals surface area (Å²) in [5, 5.41) is 5.96. The van der Waals surface area contributed by atoms with Gasteiger partial charge in [-0.15, -0.1) is 24.0 Å². The quantitative estimate of drug-likeness (QED) is 0.264. The second-order valence-electron chi connectivity index (χ2n) is 8.29. The number of benzene rings is 1. The van der Waals surface area contributed by atoms with Gasteiger partial charge in [0.15, 0.2) is 5.96 Å². The van der Waals surface area contributed by atoms with Crippen LogP contribution in [0.2, 0.25) is 0 Å². The molecular weight excluding hydrogens is 457 g/mol. The van der Waals surface area contributed by atoms with E-state index in [2.05, 4.69) is 15.6 Å². The largest absolute Gasteiger partial charge is 0.370 e. The fourth-order valence-corrected chi connectivity index (χ4v) is 3.18. The van der Waals surface area contributed by atoms with Crippen LogP contribution in [0.25, 0.3) is 0 Å². The van der Waals surface area contributed by atoms with Crippen LogP contribution in [0.3, 0.4) is 0 Å². The molecule has 7 nitrogen and oxygen atoms in total. The molecule has 0 bridgehead atoms. The van der Waals surface area contributed by atoms with Crippen molar-refractivity contribution in [3.05, 3.63) is 29.8 Å². The fraction of sp³-hybridized carbons (Fsp3) is 0.526. The zero-order chi connectivity index (χ0) is 19.1. The summed E-state index contributed by atoms with van der Waals surface area (Å²) >= 11 is 0. The number of hydrogen-bond acceptors (Lipinski definition) is 3. The van der Waals surface area contributed by atoms with Crippen LogP contribution in [0.15, 0.2) is 29.3 Å². The van der Waals surface area contributed by atoms with Gasteiger partial charge >= 0.3 is 6.03 Å². The van der Waals surface area contributed by atoms with E-state index in [0.717, 1.165) is 18.4 Å². The van der Waals surface area contributed by atoms with Crippen molar-refractivity contribution in [1.82, 2.24) is 10.6 Å². The Morgan fingerprint density at radius 3 is 2.41 bits per heavy atom. The normalized spacial score (nSPS) is 23.1. The van der Waals surface area contributed by atoms with Crippen LogP contribution < -0.4 is 21.3 Å². The van der Waals surface area contributed by atoms with Crippen molar-refractivity contribution in [2.24, 2.45) is 16.6 Å². The lowest BCUT2D eigenvalue weighted by molar-refractivity contribution is -0.122. The molecule has 0 aromatic heterocycles. The van der Waals surface area contributed by atoms with Gasteiger partial charge in [-0.3, -0.25) is 4.79 Å². The Balaban J connectivity index is 0.00000261. The molecule has 1 aliphatic heterocycles. The topological polar surface area (TPSA) is 99.8 Å². The Morgan fingerprint density at radius 1 is 1.30 bits per heavy atom. The van der Waals surface area contributed by atoms with Crippen LogP contribution in [0.4, 0.5) is 10.5 Å². The van der Waals surface area contributed by atoms with E-state index in [4.69, 9.17) is 5.73 Å². The summed E-state index contributed by atoms with van der Waals surface area (Å²) < 4.78 is 0. The number of nitrogens with zero attached hydrogens (tertiary/aromatic N) is 2. The second-order valence-corrected chi connectivity index (χ2v) is 8.29. The highest BCUT2D eigenvalue weighted by molar-refractivity contribution is 14.0. The third-order valence-corrected chi connectivity index (χ3v) is 4.74. The third-order valence-electron chi connectivity index (χ3n) is 4.74. The number of urea groups is 1. The number of carbonyl (C=O) groups excluding carboxylic acids is 2. The molecule has 0 radical (unpaired) electrons. The molecule has 2 aliphatic rings. The van der Waals surface area contributed by atoms with E-state index < -0.39 is 5.54 Å². The molecule has 1 aliphatic carbocycles. The molecule has 3 rings (SSSR count). The van der Waals surface area contributed by atoms with Crippen molar-refractivity contribution in [2.75, 3.05) is 4.90 Å². The first-order chi connectivity index (χ1) is 12.1. The predicted octanol–water partition coefficient (Wildman–Crippen LogP) is 2.73. The van der Waals surface area contributed by atoms with E-state index in [1.54, 1.807) is 12.1 Å². The van der Waals surface area contributed by atoms with Crippen LogP contribution in [0.5, 0.6) is 0 Å². The first kappa shape index (κ1) is 21.5. The van der Waals surface area contributed by atoms with Gasteiger partial charge in [-0.1, -0.05) is 12.1 Å². The Hall–Kier alpha value is -1.84. The number of nitrogens with two attached hydrogens (primary N) is 1. The van der Waals surface area contributed by atoms with Crippen molar-refractivity contribution in [3.8, 4) is 0 Å². The maximum Gasteiger partial charge on any atom is 0.329 e. The second kappa shape index (κ2) is 7.65. The number of imide groups is 1. The van der Waals surface area contributed by atoms with Gasteiger partial charge in [-0.05, 0) is 64.2 Å². The summed E-state index contributed by atoms with van der Waals surface area (Å²) in [5.74, 6) is 0.459. The number of guanidine groups is 1. The van der Waals surface area contributed by atoms with E-state index in [1.165, 1.54) is 4.90 Å². The lowest BCUT2D eigenvalue weighted by Gasteiger charge is -2.21. The van der Waals surface area contributed by atoms with Crippen molar-refractivity contribution < 1.29 is 9.59 Å². The molecule has 148 valence electrons. The molecule has 1 unspecified atom stereocenters. The molecule has 27 heavy (non-hydrogen) atoms. The minimum Gasteiger partial charge on any atom is -0.370 e. The van der Waals surface area contributed by atoms with Gasteiger partial charge in [0.25, 0.3) is 5.91 Å². The van der Waals surface area contributed by atoms with Gasteiger partial charge in [0.2, 0.25) is 0 Å². The van der Waals surface area contributed by atoms with Crippen LogP contribution in [0, 0.1) is 5.92 Å². The Labute approximate surface area is 177 Å².